The Labute approximate surface area is 91.1 Å². The molecule has 1 nitrogen and oxygen atoms in total. The summed E-state index contributed by atoms with van der Waals surface area (Å²) in [4.78, 5) is 0. The van der Waals surface area contributed by atoms with E-state index in [2.05, 4.69) is 27.8 Å². The van der Waals surface area contributed by atoms with E-state index in [0.29, 0.717) is 16.5 Å². The van der Waals surface area contributed by atoms with Gasteiger partial charge in [0.2, 0.25) is 0 Å². The van der Waals surface area contributed by atoms with Gasteiger partial charge in [-0.25, -0.2) is 4.39 Å². The third-order valence-corrected chi connectivity index (χ3v) is 2.41. The maximum atomic E-state index is 12.9. The third-order valence-electron chi connectivity index (χ3n) is 1.80. The summed E-state index contributed by atoms with van der Waals surface area (Å²) in [7, 11) is 0. The predicted octanol–water partition coefficient (Wildman–Crippen LogP) is 3.04. The fourth-order valence-electron chi connectivity index (χ4n) is 1.04. The molecule has 0 spiro atoms. The van der Waals surface area contributed by atoms with E-state index in [-0.39, 0.29) is 5.82 Å². The van der Waals surface area contributed by atoms with Crippen LogP contribution in [0.5, 0.6) is 0 Å². The monoisotopic (exact) mass is 256 g/mol. The number of aliphatic hydroxyl groups excluding tert-OH is 1. The molecule has 1 unspecified atom stereocenters. The maximum Gasteiger partial charge on any atom is 0.137 e. The van der Waals surface area contributed by atoms with E-state index >= 15 is 0 Å². The Morgan fingerprint density at radius 3 is 2.86 bits per heavy atom. The first-order chi connectivity index (χ1) is 6.65. The van der Waals surface area contributed by atoms with E-state index < -0.39 is 6.10 Å². The van der Waals surface area contributed by atoms with Crippen molar-refractivity contribution in [3.05, 3.63) is 34.1 Å². The molecule has 0 aliphatic rings. The zero-order valence-electron chi connectivity index (χ0n) is 7.72. The average Bonchev–Trinajstić information content (AvgIpc) is 2.18. The van der Waals surface area contributed by atoms with Gasteiger partial charge in [-0.2, -0.15) is 0 Å². The molecule has 0 aromatic heterocycles. The van der Waals surface area contributed by atoms with Crippen LogP contribution in [0.3, 0.4) is 0 Å². The highest BCUT2D eigenvalue weighted by molar-refractivity contribution is 9.10. The molecule has 0 bridgehead atoms. The largest absolute Gasteiger partial charge is 0.387 e. The van der Waals surface area contributed by atoms with Crippen molar-refractivity contribution in [1.29, 1.82) is 0 Å². The van der Waals surface area contributed by atoms with Crippen LogP contribution in [0.1, 0.15) is 25.0 Å². The van der Waals surface area contributed by atoms with Gasteiger partial charge in [0.1, 0.15) is 5.82 Å². The number of halogens is 2. The molecule has 1 N–H and O–H groups in total. The van der Waals surface area contributed by atoms with E-state index in [1.807, 2.05) is 0 Å². The first-order valence-corrected chi connectivity index (χ1v) is 4.97. The number of hydrogen-bond donors (Lipinski definition) is 1. The van der Waals surface area contributed by atoms with E-state index in [9.17, 15) is 9.50 Å². The van der Waals surface area contributed by atoms with E-state index in [0.717, 1.165) is 0 Å². The van der Waals surface area contributed by atoms with Crippen molar-refractivity contribution in [2.45, 2.75) is 19.4 Å². The lowest BCUT2D eigenvalue weighted by Crippen LogP contribution is -1.96. The normalized spacial score (nSPS) is 11.7. The van der Waals surface area contributed by atoms with Gasteiger partial charge in [0.15, 0.2) is 0 Å². The summed E-state index contributed by atoms with van der Waals surface area (Å²) in [6.45, 7) is 1.72. The van der Waals surface area contributed by atoms with E-state index in [4.69, 9.17) is 0 Å². The summed E-state index contributed by atoms with van der Waals surface area (Å²) in [5, 5.41) is 9.62. The molecular weight excluding hydrogens is 247 g/mol. The Hall–Kier alpha value is -0.850. The van der Waals surface area contributed by atoms with Crippen LogP contribution in [0.15, 0.2) is 22.7 Å². The van der Waals surface area contributed by atoms with Gasteiger partial charge in [-0.3, -0.25) is 0 Å². The summed E-state index contributed by atoms with van der Waals surface area (Å²) in [5.74, 6) is 5.14. The lowest BCUT2D eigenvalue weighted by molar-refractivity contribution is 0.184. The van der Waals surface area contributed by atoms with E-state index in [1.54, 1.807) is 19.1 Å². The molecule has 0 amide bonds. The summed E-state index contributed by atoms with van der Waals surface area (Å²) in [6.07, 6.45) is -0.284. The topological polar surface area (TPSA) is 20.2 Å². The minimum absolute atomic E-state index is 0.331. The first-order valence-electron chi connectivity index (χ1n) is 4.17. The lowest BCUT2D eigenvalue weighted by Gasteiger charge is -2.07. The third kappa shape index (κ3) is 2.83. The Balaban J connectivity index is 2.83. The minimum atomic E-state index is -0.653. The summed E-state index contributed by atoms with van der Waals surface area (Å²) in [5.41, 5.74) is 0.668. The minimum Gasteiger partial charge on any atom is -0.387 e. The van der Waals surface area contributed by atoms with Gasteiger partial charge < -0.3 is 5.11 Å². The molecule has 0 fully saturated rings. The summed E-state index contributed by atoms with van der Waals surface area (Å²) >= 11 is 3.06. The van der Waals surface area contributed by atoms with Gasteiger partial charge in [-0.15, -0.1) is 11.8 Å². The highest BCUT2D eigenvalue weighted by atomic mass is 79.9. The second kappa shape index (κ2) is 5.14. The Morgan fingerprint density at radius 2 is 2.29 bits per heavy atom. The number of rotatable bonds is 2. The van der Waals surface area contributed by atoms with E-state index in [1.165, 1.54) is 6.07 Å². The molecule has 1 aromatic carbocycles. The van der Waals surface area contributed by atoms with Crippen molar-refractivity contribution in [2.24, 2.45) is 0 Å². The van der Waals surface area contributed by atoms with Crippen molar-refractivity contribution >= 4 is 15.9 Å². The predicted molar refractivity (Wildman–Crippen MR) is 57.1 cm³/mol. The van der Waals surface area contributed by atoms with Crippen LogP contribution in [0.25, 0.3) is 0 Å². The molecular formula is C11H10BrFO. The van der Waals surface area contributed by atoms with Crippen molar-refractivity contribution in [3.8, 4) is 11.8 Å². The highest BCUT2D eigenvalue weighted by Crippen LogP contribution is 2.22. The fraction of sp³-hybridized carbons (Fsp3) is 0.273. The van der Waals surface area contributed by atoms with Crippen LogP contribution in [-0.2, 0) is 0 Å². The molecule has 0 aliphatic carbocycles. The Morgan fingerprint density at radius 1 is 1.57 bits per heavy atom. The molecule has 14 heavy (non-hydrogen) atoms. The molecule has 0 saturated heterocycles. The first kappa shape index (κ1) is 11.2. The second-order valence-corrected chi connectivity index (χ2v) is 3.67. The van der Waals surface area contributed by atoms with Crippen LogP contribution in [0.2, 0.25) is 0 Å². The zero-order valence-corrected chi connectivity index (χ0v) is 9.31. The molecule has 3 heteroatoms. The zero-order chi connectivity index (χ0) is 10.6. The van der Waals surface area contributed by atoms with Crippen LogP contribution in [0, 0.1) is 17.7 Å². The smallest absolute Gasteiger partial charge is 0.137 e. The number of aliphatic hydroxyl groups is 1. The van der Waals surface area contributed by atoms with Gasteiger partial charge in [0.25, 0.3) is 0 Å². The van der Waals surface area contributed by atoms with Crippen LogP contribution < -0.4 is 0 Å². The van der Waals surface area contributed by atoms with Crippen LogP contribution in [0.4, 0.5) is 4.39 Å². The van der Waals surface area contributed by atoms with Gasteiger partial charge in [-0.05, 0) is 40.5 Å². The number of benzene rings is 1. The summed E-state index contributed by atoms with van der Waals surface area (Å²) < 4.78 is 13.2. The number of hydrogen-bond acceptors (Lipinski definition) is 1. The van der Waals surface area contributed by atoms with Crippen molar-refractivity contribution in [3.63, 3.8) is 0 Å². The molecule has 0 saturated carbocycles. The Bertz CT molecular complexity index is 379. The average molecular weight is 257 g/mol. The van der Waals surface area contributed by atoms with Gasteiger partial charge in [-0.1, -0.05) is 6.07 Å². The van der Waals surface area contributed by atoms with Crippen LogP contribution in [-0.4, -0.2) is 5.11 Å². The van der Waals surface area contributed by atoms with Crippen molar-refractivity contribution < 1.29 is 9.50 Å². The fourth-order valence-corrected chi connectivity index (χ4v) is 1.43. The quantitative estimate of drug-likeness (QED) is 0.807. The highest BCUT2D eigenvalue weighted by Gasteiger charge is 2.08. The van der Waals surface area contributed by atoms with Gasteiger partial charge >= 0.3 is 0 Å². The molecule has 74 valence electrons. The maximum absolute atomic E-state index is 12.9. The van der Waals surface area contributed by atoms with Gasteiger partial charge in [0, 0.05) is 6.42 Å². The van der Waals surface area contributed by atoms with Crippen molar-refractivity contribution in [2.75, 3.05) is 0 Å². The lowest BCUT2D eigenvalue weighted by atomic mass is 10.1. The molecule has 1 aromatic rings. The van der Waals surface area contributed by atoms with Crippen LogP contribution >= 0.6 is 15.9 Å². The standard InChI is InChI=1S/C11H10BrFO/c1-2-3-4-11(14)8-5-6-10(13)9(12)7-8/h5-7,11,14H,4H2,1H3. The molecule has 0 radical (unpaired) electrons. The SMILES string of the molecule is CC#CCC(O)c1ccc(F)c(Br)c1. The summed E-state index contributed by atoms with van der Waals surface area (Å²) in [6, 6.07) is 4.45. The molecule has 0 aliphatic heterocycles. The van der Waals surface area contributed by atoms with Gasteiger partial charge in [0.05, 0.1) is 10.6 Å². The molecule has 1 rings (SSSR count). The molecule has 1 atom stereocenters. The van der Waals surface area contributed by atoms with Crippen molar-refractivity contribution in [1.82, 2.24) is 0 Å². The molecule has 0 heterocycles. The Kier molecular flexibility index (Phi) is 4.12. The second-order valence-electron chi connectivity index (χ2n) is 2.82.